The quantitative estimate of drug-likeness (QED) is 0.276. The lowest BCUT2D eigenvalue weighted by Gasteiger charge is -2.22. The minimum atomic E-state index is -1.00. The highest BCUT2D eigenvalue weighted by Gasteiger charge is 2.20. The van der Waals surface area contributed by atoms with Crippen LogP contribution < -0.4 is 21.3 Å². The maximum Gasteiger partial charge on any atom is 0.407 e. The van der Waals surface area contributed by atoms with E-state index in [0.29, 0.717) is 25.2 Å². The highest BCUT2D eigenvalue weighted by Crippen LogP contribution is 2.06. The van der Waals surface area contributed by atoms with Gasteiger partial charge < -0.3 is 20.5 Å². The molecule has 0 aromatic rings. The molecule has 2 atom stereocenters. The largest absolute Gasteiger partial charge is 0.444 e. The van der Waals surface area contributed by atoms with Crippen LogP contribution in [0.25, 0.3) is 0 Å². The molecule has 0 heterocycles. The Hall–Kier alpha value is -2.13. The van der Waals surface area contributed by atoms with Crippen molar-refractivity contribution in [3.05, 3.63) is 12.3 Å². The summed E-state index contributed by atoms with van der Waals surface area (Å²) in [5.74, 6) is -0.938. The molecule has 150 valence electrons. The Kier molecular flexibility index (Phi) is 10.5. The van der Waals surface area contributed by atoms with Gasteiger partial charge in [-0.3, -0.25) is 20.2 Å². The number of hydrogen-bond acceptors (Lipinski definition) is 7. The van der Waals surface area contributed by atoms with Crippen molar-refractivity contribution < 1.29 is 24.2 Å². The number of amides is 3. The summed E-state index contributed by atoms with van der Waals surface area (Å²) in [4.78, 5) is 34.2. The summed E-state index contributed by atoms with van der Waals surface area (Å²) in [7, 11) is 0. The van der Waals surface area contributed by atoms with Crippen LogP contribution in [0, 0.1) is 0 Å². The molecule has 0 aromatic carbocycles. The van der Waals surface area contributed by atoms with Crippen LogP contribution in [0.1, 0.15) is 47.5 Å². The number of nitrogens with one attached hydrogen (secondary N) is 4. The van der Waals surface area contributed by atoms with E-state index in [1.165, 1.54) is 6.92 Å². The SMILES string of the molecule is C=C(CC(O)NC(CC)C(=O)NC(C)=O)NCCNC(=O)OC(C)(C)C. The Morgan fingerprint density at radius 2 is 1.73 bits per heavy atom. The first-order valence-electron chi connectivity index (χ1n) is 8.58. The van der Waals surface area contributed by atoms with Crippen molar-refractivity contribution in [1.29, 1.82) is 0 Å². The molecule has 0 aliphatic rings. The number of imide groups is 1. The number of carbonyl (C=O) groups excluding carboxylic acids is 3. The second-order valence-corrected chi connectivity index (χ2v) is 6.85. The number of aliphatic hydroxyl groups is 1. The van der Waals surface area contributed by atoms with Gasteiger partial charge in [0.05, 0.1) is 6.04 Å². The van der Waals surface area contributed by atoms with E-state index in [1.807, 2.05) is 0 Å². The summed E-state index contributed by atoms with van der Waals surface area (Å²) in [6.45, 7) is 12.9. The van der Waals surface area contributed by atoms with Crippen LogP contribution in [-0.4, -0.2) is 54.0 Å². The van der Waals surface area contributed by atoms with Gasteiger partial charge >= 0.3 is 6.09 Å². The molecule has 0 spiro atoms. The van der Waals surface area contributed by atoms with Gasteiger partial charge in [0.25, 0.3) is 0 Å². The molecule has 0 aromatic heterocycles. The van der Waals surface area contributed by atoms with Gasteiger partial charge in [0.1, 0.15) is 11.8 Å². The zero-order valence-corrected chi connectivity index (χ0v) is 16.3. The topological polar surface area (TPSA) is 129 Å². The summed E-state index contributed by atoms with van der Waals surface area (Å²) < 4.78 is 5.10. The molecule has 0 saturated carbocycles. The first kappa shape index (κ1) is 23.9. The monoisotopic (exact) mass is 372 g/mol. The van der Waals surface area contributed by atoms with Gasteiger partial charge in [0, 0.05) is 32.1 Å². The van der Waals surface area contributed by atoms with Gasteiger partial charge in [0.15, 0.2) is 0 Å². The molecule has 0 bridgehead atoms. The van der Waals surface area contributed by atoms with Crippen LogP contribution in [0.3, 0.4) is 0 Å². The van der Waals surface area contributed by atoms with Gasteiger partial charge in [0.2, 0.25) is 11.8 Å². The average Bonchev–Trinajstić information content (AvgIpc) is 2.46. The van der Waals surface area contributed by atoms with Crippen LogP contribution in [0.5, 0.6) is 0 Å². The van der Waals surface area contributed by atoms with Gasteiger partial charge in [-0.2, -0.15) is 0 Å². The third-order valence-corrected chi connectivity index (χ3v) is 3.03. The highest BCUT2D eigenvalue weighted by molar-refractivity contribution is 5.96. The third kappa shape index (κ3) is 12.3. The minimum Gasteiger partial charge on any atom is -0.444 e. The molecule has 26 heavy (non-hydrogen) atoms. The Labute approximate surface area is 154 Å². The smallest absolute Gasteiger partial charge is 0.407 e. The van der Waals surface area contributed by atoms with Gasteiger partial charge in [-0.05, 0) is 27.2 Å². The molecule has 0 radical (unpaired) electrons. The lowest BCUT2D eigenvalue weighted by molar-refractivity contribution is -0.131. The molecule has 0 aliphatic carbocycles. The van der Waals surface area contributed by atoms with E-state index in [-0.39, 0.29) is 6.42 Å². The van der Waals surface area contributed by atoms with Crippen molar-refractivity contribution in [1.82, 2.24) is 21.3 Å². The van der Waals surface area contributed by atoms with Gasteiger partial charge in [-0.25, -0.2) is 4.79 Å². The number of hydrogen-bond donors (Lipinski definition) is 5. The van der Waals surface area contributed by atoms with Gasteiger partial charge in [-0.1, -0.05) is 13.5 Å². The van der Waals surface area contributed by atoms with E-state index in [4.69, 9.17) is 4.74 Å². The Morgan fingerprint density at radius 1 is 1.15 bits per heavy atom. The third-order valence-electron chi connectivity index (χ3n) is 3.03. The van der Waals surface area contributed by atoms with Crippen LogP contribution in [0.2, 0.25) is 0 Å². The fourth-order valence-corrected chi connectivity index (χ4v) is 1.95. The maximum absolute atomic E-state index is 11.8. The second-order valence-electron chi connectivity index (χ2n) is 6.85. The van der Waals surface area contributed by atoms with Crippen LogP contribution >= 0.6 is 0 Å². The van der Waals surface area contributed by atoms with Crippen LogP contribution in [-0.2, 0) is 14.3 Å². The molecule has 0 rings (SSSR count). The predicted molar refractivity (Wildman–Crippen MR) is 98.0 cm³/mol. The van der Waals surface area contributed by atoms with Crippen molar-refractivity contribution in [3.8, 4) is 0 Å². The van der Waals surface area contributed by atoms with E-state index in [2.05, 4.69) is 27.8 Å². The van der Waals surface area contributed by atoms with Crippen LogP contribution in [0.15, 0.2) is 12.3 Å². The van der Waals surface area contributed by atoms with E-state index < -0.39 is 35.8 Å². The molecule has 0 fully saturated rings. The maximum atomic E-state index is 11.8. The summed E-state index contributed by atoms with van der Waals surface area (Å²) >= 11 is 0. The Balaban J connectivity index is 4.09. The molecule has 3 amide bonds. The summed E-state index contributed by atoms with van der Waals surface area (Å²) in [6, 6.07) is -0.685. The van der Waals surface area contributed by atoms with Crippen molar-refractivity contribution in [2.24, 2.45) is 0 Å². The molecule has 0 saturated heterocycles. The number of ether oxygens (including phenoxy) is 1. The minimum absolute atomic E-state index is 0.163. The molecular weight excluding hydrogens is 340 g/mol. The average molecular weight is 372 g/mol. The van der Waals surface area contributed by atoms with Crippen molar-refractivity contribution in [3.63, 3.8) is 0 Å². The van der Waals surface area contributed by atoms with Crippen molar-refractivity contribution >= 4 is 17.9 Å². The number of alkyl carbamates (subject to hydrolysis) is 1. The zero-order chi connectivity index (χ0) is 20.3. The summed E-state index contributed by atoms with van der Waals surface area (Å²) in [6.07, 6.45) is -0.933. The molecular formula is C17H32N4O5. The van der Waals surface area contributed by atoms with E-state index in [1.54, 1.807) is 27.7 Å². The Morgan fingerprint density at radius 3 is 2.23 bits per heavy atom. The molecule has 0 aliphatic heterocycles. The van der Waals surface area contributed by atoms with E-state index >= 15 is 0 Å². The molecule has 9 heteroatoms. The van der Waals surface area contributed by atoms with E-state index in [0.717, 1.165) is 0 Å². The molecule has 2 unspecified atom stereocenters. The summed E-state index contributed by atoms with van der Waals surface area (Å²) in [5.41, 5.74) is -0.0145. The first-order chi connectivity index (χ1) is 11.9. The van der Waals surface area contributed by atoms with Crippen LogP contribution in [0.4, 0.5) is 4.79 Å². The first-order valence-corrected chi connectivity index (χ1v) is 8.58. The number of aliphatic hydroxyl groups excluding tert-OH is 1. The standard InChI is InChI=1S/C17H32N4O5/c1-7-13(15(24)20-12(3)22)21-14(23)10-11(2)18-8-9-19-16(25)26-17(4,5)6/h13-14,18,21,23H,2,7-10H2,1,3-6H3,(H,19,25)(H,20,22,24). The zero-order valence-electron chi connectivity index (χ0n) is 16.3. The fourth-order valence-electron chi connectivity index (χ4n) is 1.95. The van der Waals surface area contributed by atoms with Crippen molar-refractivity contribution in [2.75, 3.05) is 13.1 Å². The lowest BCUT2D eigenvalue weighted by Crippen LogP contribution is -2.49. The van der Waals surface area contributed by atoms with Gasteiger partial charge in [-0.15, -0.1) is 0 Å². The number of rotatable bonds is 10. The van der Waals surface area contributed by atoms with E-state index in [9.17, 15) is 19.5 Å². The second kappa shape index (κ2) is 11.5. The Bertz CT molecular complexity index is 502. The summed E-state index contributed by atoms with van der Waals surface area (Å²) in [5, 5.41) is 20.5. The molecule has 5 N–H and O–H groups in total. The van der Waals surface area contributed by atoms with Crippen molar-refractivity contribution in [2.45, 2.75) is 65.3 Å². The lowest BCUT2D eigenvalue weighted by atomic mass is 10.2. The molecule has 9 nitrogen and oxygen atoms in total. The normalized spacial score (nSPS) is 13.3. The fraction of sp³-hybridized carbons (Fsp3) is 0.706. The number of carbonyl (C=O) groups is 3. The predicted octanol–water partition coefficient (Wildman–Crippen LogP) is 0.354. The highest BCUT2D eigenvalue weighted by atomic mass is 16.6.